The highest BCUT2D eigenvalue weighted by Crippen LogP contribution is 2.22. The number of para-hydroxylation sites is 1. The fourth-order valence-corrected chi connectivity index (χ4v) is 5.54. The summed E-state index contributed by atoms with van der Waals surface area (Å²) in [6.45, 7) is 8.77. The second-order valence-corrected chi connectivity index (χ2v) is 12.0. The largest absolute Gasteiger partial charge is 0.465 e. The first kappa shape index (κ1) is 28.5. The van der Waals surface area contributed by atoms with Gasteiger partial charge in [-0.2, -0.15) is 0 Å². The third kappa shape index (κ3) is 8.46. The smallest absolute Gasteiger partial charge is 0.410 e. The number of hydrogen-bond donors (Lipinski definition) is 0. The molecule has 0 N–H and O–H groups in total. The van der Waals surface area contributed by atoms with Crippen molar-refractivity contribution in [2.75, 3.05) is 49.9 Å². The molecule has 1 fully saturated rings. The zero-order chi connectivity index (χ0) is 27.1. The van der Waals surface area contributed by atoms with Crippen molar-refractivity contribution in [3.8, 4) is 0 Å². The van der Waals surface area contributed by atoms with Crippen molar-refractivity contribution < 1.29 is 27.5 Å². The highest BCUT2D eigenvalue weighted by Gasteiger charge is 2.27. The molecule has 0 aliphatic carbocycles. The summed E-state index contributed by atoms with van der Waals surface area (Å²) < 4.78 is 38.5. The summed E-state index contributed by atoms with van der Waals surface area (Å²) in [6.07, 6.45) is 0.159. The molecular weight excluding hydrogens is 494 g/mol. The molecule has 1 saturated heterocycles. The molecule has 0 unspecified atom stereocenters. The first-order valence-corrected chi connectivity index (χ1v) is 14.0. The predicted octanol–water partition coefficient (Wildman–Crippen LogP) is 3.75. The van der Waals surface area contributed by atoms with Crippen LogP contribution in [0.5, 0.6) is 0 Å². The molecule has 0 saturated carbocycles. The third-order valence-corrected chi connectivity index (χ3v) is 7.80. The average Bonchev–Trinajstić information content (AvgIpc) is 2.87. The number of nitrogens with zero attached hydrogens (tertiary/aromatic N) is 3. The highest BCUT2D eigenvalue weighted by atomic mass is 32.2. The standard InChI is InChI=1S/C27H37N3O6S/c1-27(2,3)36-26(32)29-18-16-28(17-19-29)15-8-20-37(33,34)30(24-9-6-5-7-10-24)21-22-11-13-23(14-12-22)25(31)35-4/h5-7,9-14H,8,15-21H2,1-4H3. The van der Waals surface area contributed by atoms with Crippen LogP contribution in [0.1, 0.15) is 43.1 Å². The van der Waals surface area contributed by atoms with E-state index in [-0.39, 0.29) is 18.4 Å². The normalized spacial score (nSPS) is 14.8. The minimum atomic E-state index is -3.62. The van der Waals surface area contributed by atoms with E-state index in [2.05, 4.69) is 4.90 Å². The van der Waals surface area contributed by atoms with Crippen LogP contribution in [0.3, 0.4) is 0 Å². The first-order valence-electron chi connectivity index (χ1n) is 12.4. The van der Waals surface area contributed by atoms with Gasteiger partial charge in [-0.3, -0.25) is 9.21 Å². The van der Waals surface area contributed by atoms with E-state index >= 15 is 0 Å². The van der Waals surface area contributed by atoms with Gasteiger partial charge in [-0.1, -0.05) is 30.3 Å². The molecule has 1 aliphatic rings. The van der Waals surface area contributed by atoms with Gasteiger partial charge in [0.05, 0.1) is 30.7 Å². The summed E-state index contributed by atoms with van der Waals surface area (Å²) in [7, 11) is -2.30. The van der Waals surface area contributed by atoms with Gasteiger partial charge in [0, 0.05) is 26.2 Å². The predicted molar refractivity (Wildman–Crippen MR) is 143 cm³/mol. The number of hydrogen-bond acceptors (Lipinski definition) is 7. The average molecular weight is 532 g/mol. The minimum absolute atomic E-state index is 0.00554. The molecule has 1 aliphatic heterocycles. The SMILES string of the molecule is COC(=O)c1ccc(CN(c2ccccc2)S(=O)(=O)CCCN2CCN(C(=O)OC(C)(C)C)CC2)cc1. The summed E-state index contributed by atoms with van der Waals surface area (Å²) in [4.78, 5) is 27.9. The van der Waals surface area contributed by atoms with Gasteiger partial charge in [-0.15, -0.1) is 0 Å². The number of methoxy groups -OCH3 is 1. The molecule has 1 amide bonds. The zero-order valence-corrected chi connectivity index (χ0v) is 22.9. The maximum atomic E-state index is 13.4. The fraction of sp³-hybridized carbons (Fsp3) is 0.481. The van der Waals surface area contributed by atoms with E-state index in [9.17, 15) is 18.0 Å². The van der Waals surface area contributed by atoms with Crippen LogP contribution in [0.25, 0.3) is 0 Å². The number of carbonyl (C=O) groups is 2. The summed E-state index contributed by atoms with van der Waals surface area (Å²) >= 11 is 0. The van der Waals surface area contributed by atoms with Gasteiger partial charge in [0.1, 0.15) is 5.60 Å². The monoisotopic (exact) mass is 531 g/mol. The van der Waals surface area contributed by atoms with E-state index in [0.717, 1.165) is 5.56 Å². The number of sulfonamides is 1. The van der Waals surface area contributed by atoms with Crippen molar-refractivity contribution >= 4 is 27.8 Å². The molecular formula is C27H37N3O6S. The number of esters is 1. The summed E-state index contributed by atoms with van der Waals surface area (Å²) in [5, 5.41) is 0. The van der Waals surface area contributed by atoms with E-state index in [4.69, 9.17) is 9.47 Å². The Morgan fingerprint density at radius 1 is 0.946 bits per heavy atom. The number of benzene rings is 2. The van der Waals surface area contributed by atoms with Gasteiger partial charge in [-0.25, -0.2) is 18.0 Å². The van der Waals surface area contributed by atoms with Crippen LogP contribution in [0.15, 0.2) is 54.6 Å². The van der Waals surface area contributed by atoms with E-state index in [1.807, 2.05) is 39.0 Å². The van der Waals surface area contributed by atoms with E-state index in [1.165, 1.54) is 11.4 Å². The third-order valence-electron chi connectivity index (χ3n) is 5.98. The van der Waals surface area contributed by atoms with E-state index in [0.29, 0.717) is 50.4 Å². The van der Waals surface area contributed by atoms with Crippen LogP contribution >= 0.6 is 0 Å². The first-order chi connectivity index (χ1) is 17.5. The van der Waals surface area contributed by atoms with Crippen LogP contribution in [-0.2, 0) is 26.0 Å². The van der Waals surface area contributed by atoms with Gasteiger partial charge >= 0.3 is 12.1 Å². The molecule has 10 heteroatoms. The van der Waals surface area contributed by atoms with Crippen LogP contribution in [-0.4, -0.2) is 81.5 Å². The van der Waals surface area contributed by atoms with Crippen LogP contribution < -0.4 is 4.31 Å². The van der Waals surface area contributed by atoms with Gasteiger partial charge in [0.25, 0.3) is 0 Å². The molecule has 0 spiro atoms. The Hall–Kier alpha value is -3.11. The fourth-order valence-electron chi connectivity index (χ4n) is 4.04. The molecule has 9 nitrogen and oxygen atoms in total. The molecule has 3 rings (SSSR count). The second-order valence-electron chi connectivity index (χ2n) is 10.0. The Morgan fingerprint density at radius 2 is 1.57 bits per heavy atom. The van der Waals surface area contributed by atoms with Crippen molar-refractivity contribution in [1.29, 1.82) is 0 Å². The van der Waals surface area contributed by atoms with Crippen molar-refractivity contribution in [2.24, 2.45) is 0 Å². The topological polar surface area (TPSA) is 96.5 Å². The molecule has 1 heterocycles. The Bertz CT molecular complexity index is 1140. The number of rotatable bonds is 9. The second kappa shape index (κ2) is 12.4. The molecule has 0 atom stereocenters. The highest BCUT2D eigenvalue weighted by molar-refractivity contribution is 7.92. The number of amides is 1. The summed E-state index contributed by atoms with van der Waals surface area (Å²) in [5.41, 5.74) is 1.23. The van der Waals surface area contributed by atoms with Crippen LogP contribution in [0, 0.1) is 0 Å². The quantitative estimate of drug-likeness (QED) is 0.455. The zero-order valence-electron chi connectivity index (χ0n) is 22.1. The Labute approximate surface area is 220 Å². The van der Waals surface area contributed by atoms with Crippen molar-refractivity contribution in [1.82, 2.24) is 9.80 Å². The molecule has 0 radical (unpaired) electrons. The van der Waals surface area contributed by atoms with E-state index < -0.39 is 21.6 Å². The number of piperazine rings is 1. The number of carbonyl (C=O) groups excluding carboxylic acids is 2. The Balaban J connectivity index is 1.59. The summed E-state index contributed by atoms with van der Waals surface area (Å²) in [5.74, 6) is -0.444. The van der Waals surface area contributed by atoms with Crippen LogP contribution in [0.2, 0.25) is 0 Å². The molecule has 202 valence electrons. The lowest BCUT2D eigenvalue weighted by atomic mass is 10.1. The number of anilines is 1. The Kier molecular flexibility index (Phi) is 9.56. The lowest BCUT2D eigenvalue weighted by Gasteiger charge is -2.35. The molecule has 2 aromatic rings. The lowest BCUT2D eigenvalue weighted by Crippen LogP contribution is -2.50. The maximum Gasteiger partial charge on any atom is 0.410 e. The van der Waals surface area contributed by atoms with Gasteiger partial charge in [-0.05, 0) is 63.6 Å². The van der Waals surface area contributed by atoms with Crippen molar-refractivity contribution in [3.05, 3.63) is 65.7 Å². The van der Waals surface area contributed by atoms with Crippen LogP contribution in [0.4, 0.5) is 10.5 Å². The van der Waals surface area contributed by atoms with Gasteiger partial charge in [0.15, 0.2) is 0 Å². The minimum Gasteiger partial charge on any atom is -0.465 e. The van der Waals surface area contributed by atoms with Crippen molar-refractivity contribution in [2.45, 2.75) is 39.3 Å². The molecule has 0 bridgehead atoms. The lowest BCUT2D eigenvalue weighted by molar-refractivity contribution is 0.0145. The molecule has 0 aromatic heterocycles. The van der Waals surface area contributed by atoms with Crippen molar-refractivity contribution in [3.63, 3.8) is 0 Å². The summed E-state index contributed by atoms with van der Waals surface area (Å²) in [6, 6.07) is 15.7. The van der Waals surface area contributed by atoms with Gasteiger partial charge in [0.2, 0.25) is 10.0 Å². The number of ether oxygens (including phenoxy) is 2. The molecule has 37 heavy (non-hydrogen) atoms. The Morgan fingerprint density at radius 3 is 2.14 bits per heavy atom. The molecule has 2 aromatic carbocycles. The maximum absolute atomic E-state index is 13.4. The van der Waals surface area contributed by atoms with E-state index in [1.54, 1.807) is 41.3 Å². The van der Waals surface area contributed by atoms with Gasteiger partial charge < -0.3 is 14.4 Å².